The first-order chi connectivity index (χ1) is 13.8. The first-order valence-electron chi connectivity index (χ1n) is 8.66. The third-order valence-electron chi connectivity index (χ3n) is 4.13. The molecule has 3 aromatic rings. The monoisotopic (exact) mass is 416 g/mol. The van der Waals surface area contributed by atoms with Crippen molar-refractivity contribution in [3.05, 3.63) is 106 Å². The van der Waals surface area contributed by atoms with Crippen LogP contribution >= 0.6 is 11.6 Å². The summed E-state index contributed by atoms with van der Waals surface area (Å²) >= 11 is 5.62. The Morgan fingerprint density at radius 3 is 2.41 bits per heavy atom. The zero-order valence-corrected chi connectivity index (χ0v) is 15.8. The van der Waals surface area contributed by atoms with Gasteiger partial charge in [-0.2, -0.15) is 13.2 Å². The third kappa shape index (κ3) is 5.45. The van der Waals surface area contributed by atoms with Gasteiger partial charge in [0.15, 0.2) is 0 Å². The van der Waals surface area contributed by atoms with Crippen molar-refractivity contribution in [2.45, 2.75) is 12.2 Å². The van der Waals surface area contributed by atoms with Crippen LogP contribution in [0.25, 0.3) is 6.08 Å². The molecule has 0 aliphatic heterocycles. The van der Waals surface area contributed by atoms with E-state index in [0.29, 0.717) is 5.69 Å². The van der Waals surface area contributed by atoms with Crippen LogP contribution in [0.2, 0.25) is 5.02 Å². The van der Waals surface area contributed by atoms with Gasteiger partial charge >= 0.3 is 6.18 Å². The predicted octanol–water partition coefficient (Wildman–Crippen LogP) is 5.67. The number of hydrogen-bond donors (Lipinski definition) is 1. The molecule has 1 unspecified atom stereocenters. The lowest BCUT2D eigenvalue weighted by Gasteiger charge is -2.18. The number of aromatic nitrogens is 1. The van der Waals surface area contributed by atoms with Gasteiger partial charge in [-0.3, -0.25) is 9.78 Å². The van der Waals surface area contributed by atoms with E-state index in [0.717, 1.165) is 17.7 Å². The molecule has 1 amide bonds. The summed E-state index contributed by atoms with van der Waals surface area (Å²) in [5.41, 5.74) is 0.744. The molecule has 2 aromatic carbocycles. The normalized spacial score (nSPS) is 12.7. The molecule has 7 heteroatoms. The fraction of sp³-hybridized carbons (Fsp3) is 0.0909. The molecule has 0 spiro atoms. The highest BCUT2D eigenvalue weighted by molar-refractivity contribution is 6.31. The van der Waals surface area contributed by atoms with Crippen molar-refractivity contribution in [3.8, 4) is 0 Å². The van der Waals surface area contributed by atoms with E-state index in [1.54, 1.807) is 18.3 Å². The quantitative estimate of drug-likeness (QED) is 0.544. The molecular formula is C22H16ClF3N2O. The summed E-state index contributed by atoms with van der Waals surface area (Å²) in [7, 11) is 0. The Hall–Kier alpha value is -3.12. The van der Waals surface area contributed by atoms with Crippen LogP contribution in [-0.2, 0) is 11.0 Å². The highest BCUT2D eigenvalue weighted by atomic mass is 35.5. The van der Waals surface area contributed by atoms with E-state index in [2.05, 4.69) is 10.3 Å². The minimum Gasteiger partial charge on any atom is -0.340 e. The number of benzene rings is 2. The molecule has 0 saturated heterocycles. The molecule has 1 atom stereocenters. The maximum absolute atomic E-state index is 13.0. The van der Waals surface area contributed by atoms with Gasteiger partial charge in [0.1, 0.15) is 0 Å². The Morgan fingerprint density at radius 2 is 1.76 bits per heavy atom. The van der Waals surface area contributed by atoms with Crippen molar-refractivity contribution in [1.29, 1.82) is 0 Å². The minimum absolute atomic E-state index is 0.214. The lowest BCUT2D eigenvalue weighted by Crippen LogP contribution is -2.28. The maximum Gasteiger partial charge on any atom is 0.417 e. The van der Waals surface area contributed by atoms with Gasteiger partial charge in [0, 0.05) is 12.3 Å². The molecule has 0 bridgehead atoms. The van der Waals surface area contributed by atoms with Gasteiger partial charge in [-0.25, -0.2) is 0 Å². The molecule has 1 N–H and O–H groups in total. The highest BCUT2D eigenvalue weighted by Crippen LogP contribution is 2.35. The van der Waals surface area contributed by atoms with Crippen LogP contribution < -0.4 is 5.32 Å². The molecule has 0 fully saturated rings. The molecule has 0 aliphatic carbocycles. The van der Waals surface area contributed by atoms with Crippen LogP contribution in [-0.4, -0.2) is 10.9 Å². The zero-order valence-electron chi connectivity index (χ0n) is 15.0. The molecule has 3 nitrogen and oxygen atoms in total. The van der Waals surface area contributed by atoms with E-state index >= 15 is 0 Å². The summed E-state index contributed by atoms with van der Waals surface area (Å²) in [4.78, 5) is 16.7. The van der Waals surface area contributed by atoms with Crippen molar-refractivity contribution >= 4 is 23.6 Å². The average Bonchev–Trinajstić information content (AvgIpc) is 2.72. The van der Waals surface area contributed by atoms with Crippen LogP contribution in [0, 0.1) is 0 Å². The fourth-order valence-electron chi connectivity index (χ4n) is 2.75. The lowest BCUT2D eigenvalue weighted by molar-refractivity contribution is -0.137. The number of hydrogen-bond acceptors (Lipinski definition) is 2. The van der Waals surface area contributed by atoms with Crippen LogP contribution in [0.3, 0.4) is 0 Å². The van der Waals surface area contributed by atoms with E-state index in [1.165, 1.54) is 18.2 Å². The highest BCUT2D eigenvalue weighted by Gasteiger charge is 2.33. The molecule has 3 rings (SSSR count). The van der Waals surface area contributed by atoms with Gasteiger partial charge in [-0.1, -0.05) is 54.1 Å². The fourth-order valence-corrected chi connectivity index (χ4v) is 2.97. The Morgan fingerprint density at radius 1 is 1.03 bits per heavy atom. The third-order valence-corrected chi connectivity index (χ3v) is 4.46. The Labute approximate surface area is 170 Å². The van der Waals surface area contributed by atoms with Crippen LogP contribution in [0.4, 0.5) is 13.2 Å². The van der Waals surface area contributed by atoms with Crippen molar-refractivity contribution in [2.75, 3.05) is 0 Å². The summed E-state index contributed by atoms with van der Waals surface area (Å²) < 4.78 is 38.9. The standard InChI is InChI=1S/C22H16ClF3N2O/c23-18-11-9-15(14-17(18)22(24,25)26)10-12-20(29)28-21(16-6-2-1-3-7-16)19-8-4-5-13-27-19/h1-14,21H,(H,28,29)/b12-10+. The number of alkyl halides is 3. The number of carbonyl (C=O) groups is 1. The molecular weight excluding hydrogens is 401 g/mol. The maximum atomic E-state index is 13.0. The second-order valence-corrected chi connectivity index (χ2v) is 6.58. The molecule has 1 heterocycles. The van der Waals surface area contributed by atoms with Gasteiger partial charge in [-0.05, 0) is 41.5 Å². The van der Waals surface area contributed by atoms with E-state index < -0.39 is 28.7 Å². The summed E-state index contributed by atoms with van der Waals surface area (Å²) in [6.45, 7) is 0. The summed E-state index contributed by atoms with van der Waals surface area (Å²) in [5.74, 6) is -0.465. The van der Waals surface area contributed by atoms with E-state index in [4.69, 9.17) is 11.6 Å². The van der Waals surface area contributed by atoms with E-state index in [1.807, 2.05) is 36.4 Å². The number of amides is 1. The van der Waals surface area contributed by atoms with Crippen molar-refractivity contribution < 1.29 is 18.0 Å². The van der Waals surface area contributed by atoms with Crippen LogP contribution in [0.1, 0.15) is 28.4 Å². The minimum atomic E-state index is -4.57. The Bertz CT molecular complexity index is 966. The smallest absolute Gasteiger partial charge is 0.340 e. The number of nitrogens with one attached hydrogen (secondary N) is 1. The van der Waals surface area contributed by atoms with Gasteiger partial charge in [0.2, 0.25) is 5.91 Å². The number of nitrogens with zero attached hydrogens (tertiary/aromatic N) is 1. The summed E-state index contributed by atoms with van der Waals surface area (Å²) in [6.07, 6.45) is -0.454. The van der Waals surface area contributed by atoms with Gasteiger partial charge in [0.05, 0.1) is 22.3 Å². The first kappa shape index (κ1) is 20.6. The second-order valence-electron chi connectivity index (χ2n) is 6.18. The van der Waals surface area contributed by atoms with Gasteiger partial charge < -0.3 is 5.32 Å². The lowest BCUT2D eigenvalue weighted by atomic mass is 10.0. The molecule has 0 radical (unpaired) electrons. The first-order valence-corrected chi connectivity index (χ1v) is 9.03. The van der Waals surface area contributed by atoms with Crippen LogP contribution in [0.15, 0.2) is 79.0 Å². The zero-order chi connectivity index (χ0) is 20.9. The molecule has 148 valence electrons. The van der Waals surface area contributed by atoms with E-state index in [-0.39, 0.29) is 5.56 Å². The Kier molecular flexibility index (Phi) is 6.34. The SMILES string of the molecule is O=C(/C=C/c1ccc(Cl)c(C(F)(F)F)c1)NC(c1ccccc1)c1ccccn1. The average molecular weight is 417 g/mol. The Balaban J connectivity index is 1.81. The molecule has 1 aromatic heterocycles. The number of rotatable bonds is 5. The van der Waals surface area contributed by atoms with Gasteiger partial charge in [0.25, 0.3) is 0 Å². The second kappa shape index (κ2) is 8.92. The molecule has 29 heavy (non-hydrogen) atoms. The predicted molar refractivity (Wildman–Crippen MR) is 106 cm³/mol. The number of pyridine rings is 1. The van der Waals surface area contributed by atoms with E-state index in [9.17, 15) is 18.0 Å². The summed E-state index contributed by atoms with van der Waals surface area (Å²) in [5, 5.41) is 2.45. The molecule has 0 saturated carbocycles. The van der Waals surface area contributed by atoms with Crippen molar-refractivity contribution in [1.82, 2.24) is 10.3 Å². The van der Waals surface area contributed by atoms with Crippen molar-refractivity contribution in [2.24, 2.45) is 0 Å². The largest absolute Gasteiger partial charge is 0.417 e. The summed E-state index contributed by atoms with van der Waals surface area (Å²) in [6, 6.07) is 17.6. The van der Waals surface area contributed by atoms with Crippen LogP contribution in [0.5, 0.6) is 0 Å². The van der Waals surface area contributed by atoms with Gasteiger partial charge in [-0.15, -0.1) is 0 Å². The number of halogens is 4. The number of carbonyl (C=O) groups excluding carboxylic acids is 1. The molecule has 0 aliphatic rings. The topological polar surface area (TPSA) is 42.0 Å². The van der Waals surface area contributed by atoms with Crippen molar-refractivity contribution in [3.63, 3.8) is 0 Å².